The smallest absolute Gasteiger partial charge is 0.220 e. The molecule has 0 aromatic carbocycles. The van der Waals surface area contributed by atoms with Crippen LogP contribution in [0, 0.1) is 0 Å². The van der Waals surface area contributed by atoms with Crippen molar-refractivity contribution in [3.05, 3.63) is 36.5 Å². The molecule has 3 aliphatic heterocycles. The standard InChI is InChI=1S/C75H139NO18/c1-3-5-7-9-11-13-15-17-19-20-21-22-23-24-25-26-27-28-29-30-31-32-33-34-35-36-37-38-39-41-43-45-47-49-51-53-63(81)76-58(59(80)52-50-48-46-44-42-40-18-16-14-12-10-8-6-4-2)57-89-73-69(87)66(84)71(61(55-78)91-73)94-75-70(88)67(85)72(62(56-79)92-75)93-74-68(86)65(83)64(82)60(54-77)90-74/h15,17,20-21,23-24,58-62,64-75,77-80,82-88H,3-14,16,18-19,22,25-57H2,1-2H3,(H,76,81)/b17-15-,21-20-,24-23-. The maximum atomic E-state index is 13.4. The Morgan fingerprint density at radius 1 is 0.383 bits per heavy atom. The molecular formula is C75H139NO18. The third-order valence-electron chi connectivity index (χ3n) is 19.2. The lowest BCUT2D eigenvalue weighted by atomic mass is 9.96. The van der Waals surface area contributed by atoms with Crippen LogP contribution in [0.1, 0.15) is 303 Å². The zero-order valence-corrected chi connectivity index (χ0v) is 58.7. The summed E-state index contributed by atoms with van der Waals surface area (Å²) in [5.74, 6) is -0.239. The minimum atomic E-state index is -1.97. The Bertz CT molecular complexity index is 1840. The number of amides is 1. The topological polar surface area (TPSA) is 307 Å². The molecule has 3 heterocycles. The van der Waals surface area contributed by atoms with Gasteiger partial charge in [-0.15, -0.1) is 0 Å². The predicted molar refractivity (Wildman–Crippen MR) is 369 cm³/mol. The number of hydrogen-bond acceptors (Lipinski definition) is 18. The maximum Gasteiger partial charge on any atom is 0.220 e. The minimum absolute atomic E-state index is 0.239. The molecule has 12 N–H and O–H groups in total. The van der Waals surface area contributed by atoms with Crippen molar-refractivity contribution in [1.29, 1.82) is 0 Å². The van der Waals surface area contributed by atoms with Crippen LogP contribution in [0.2, 0.25) is 0 Å². The summed E-state index contributed by atoms with van der Waals surface area (Å²) in [4.78, 5) is 13.4. The van der Waals surface area contributed by atoms with E-state index in [0.717, 1.165) is 57.8 Å². The molecule has 3 saturated heterocycles. The van der Waals surface area contributed by atoms with Crippen LogP contribution in [0.4, 0.5) is 0 Å². The first-order valence-electron chi connectivity index (χ1n) is 38.2. The second-order valence-corrected chi connectivity index (χ2v) is 27.5. The first-order chi connectivity index (χ1) is 45.8. The lowest BCUT2D eigenvalue weighted by Crippen LogP contribution is -2.66. The van der Waals surface area contributed by atoms with Crippen molar-refractivity contribution in [3.63, 3.8) is 0 Å². The van der Waals surface area contributed by atoms with Gasteiger partial charge < -0.3 is 89.9 Å². The number of hydrogen-bond donors (Lipinski definition) is 12. The van der Waals surface area contributed by atoms with Gasteiger partial charge in [0.05, 0.1) is 38.6 Å². The summed E-state index contributed by atoms with van der Waals surface area (Å²) >= 11 is 0. The van der Waals surface area contributed by atoms with Gasteiger partial charge in [0, 0.05) is 6.42 Å². The summed E-state index contributed by atoms with van der Waals surface area (Å²) in [5.41, 5.74) is 0. The predicted octanol–water partition coefficient (Wildman–Crippen LogP) is 11.6. The van der Waals surface area contributed by atoms with Crippen molar-refractivity contribution < 1.29 is 89.4 Å². The third-order valence-corrected chi connectivity index (χ3v) is 19.2. The molecule has 0 aliphatic carbocycles. The number of allylic oxidation sites excluding steroid dienone is 6. The highest BCUT2D eigenvalue weighted by molar-refractivity contribution is 5.76. The van der Waals surface area contributed by atoms with Crippen LogP contribution in [-0.4, -0.2) is 193 Å². The van der Waals surface area contributed by atoms with Crippen LogP contribution < -0.4 is 5.32 Å². The minimum Gasteiger partial charge on any atom is -0.394 e. The second kappa shape index (κ2) is 56.7. The first-order valence-corrected chi connectivity index (χ1v) is 38.2. The molecule has 19 heteroatoms. The molecule has 3 aliphatic rings. The van der Waals surface area contributed by atoms with Crippen molar-refractivity contribution in [2.24, 2.45) is 0 Å². The monoisotopic (exact) mass is 1340 g/mol. The molecule has 0 spiro atoms. The molecule has 17 atom stereocenters. The molecule has 17 unspecified atom stereocenters. The number of ether oxygens (including phenoxy) is 6. The molecule has 0 aromatic heterocycles. The highest BCUT2D eigenvalue weighted by Gasteiger charge is 2.53. The van der Waals surface area contributed by atoms with E-state index in [1.54, 1.807) is 0 Å². The number of rotatable bonds is 60. The number of aliphatic hydroxyl groups excluding tert-OH is 11. The van der Waals surface area contributed by atoms with E-state index in [9.17, 15) is 61.0 Å². The highest BCUT2D eigenvalue weighted by Crippen LogP contribution is 2.33. The van der Waals surface area contributed by atoms with Gasteiger partial charge in [-0.3, -0.25) is 4.79 Å². The summed E-state index contributed by atoms with van der Waals surface area (Å²) in [6.45, 7) is 1.81. The Morgan fingerprint density at radius 3 is 1.10 bits per heavy atom. The largest absolute Gasteiger partial charge is 0.394 e. The lowest BCUT2D eigenvalue weighted by molar-refractivity contribution is -0.379. The SMILES string of the molecule is CCCCCCC/C=C\C/C=C\C/C=C\CCCCCCCCCCCCCCCCCCCCCCC(=O)NC(COC1OC(CO)C(OC2OC(CO)C(OC3OC(CO)C(O)C(O)C3O)C(O)C2O)C(O)C1O)C(O)CCCCCCCCCCCCCCCC. The van der Waals surface area contributed by atoms with E-state index in [2.05, 4.69) is 55.6 Å². The number of carbonyl (C=O) groups excluding carboxylic acids is 1. The van der Waals surface area contributed by atoms with Crippen LogP contribution >= 0.6 is 0 Å². The van der Waals surface area contributed by atoms with E-state index in [-0.39, 0.29) is 18.9 Å². The molecule has 0 aromatic rings. The van der Waals surface area contributed by atoms with Crippen LogP contribution in [0.5, 0.6) is 0 Å². The van der Waals surface area contributed by atoms with Crippen molar-refractivity contribution in [2.75, 3.05) is 26.4 Å². The highest BCUT2D eigenvalue weighted by atomic mass is 16.8. The average molecular weight is 1340 g/mol. The van der Waals surface area contributed by atoms with Crippen molar-refractivity contribution >= 4 is 5.91 Å². The zero-order valence-electron chi connectivity index (χ0n) is 58.7. The molecule has 0 bridgehead atoms. The first kappa shape index (κ1) is 86.2. The maximum absolute atomic E-state index is 13.4. The number of nitrogens with one attached hydrogen (secondary N) is 1. The Kier molecular flexibility index (Phi) is 52.0. The van der Waals surface area contributed by atoms with Crippen LogP contribution in [0.15, 0.2) is 36.5 Å². The quantitative estimate of drug-likeness (QED) is 0.0199. The van der Waals surface area contributed by atoms with Crippen LogP contribution in [-0.2, 0) is 33.2 Å². The van der Waals surface area contributed by atoms with Crippen LogP contribution in [0.3, 0.4) is 0 Å². The molecule has 1 amide bonds. The van der Waals surface area contributed by atoms with Gasteiger partial charge >= 0.3 is 0 Å². The fourth-order valence-electron chi connectivity index (χ4n) is 13.0. The molecule has 3 rings (SSSR count). The van der Waals surface area contributed by atoms with Crippen molar-refractivity contribution in [2.45, 2.75) is 407 Å². The summed E-state index contributed by atoms with van der Waals surface area (Å²) in [5, 5.41) is 121. The third kappa shape index (κ3) is 37.4. The molecule has 0 radical (unpaired) electrons. The Hall–Kier alpha value is -1.99. The molecule has 19 nitrogen and oxygen atoms in total. The average Bonchev–Trinajstić information content (AvgIpc) is 0.792. The normalized spacial score (nSPS) is 27.5. The van der Waals surface area contributed by atoms with Gasteiger partial charge in [-0.1, -0.05) is 281 Å². The van der Waals surface area contributed by atoms with Gasteiger partial charge in [-0.25, -0.2) is 0 Å². The summed E-state index contributed by atoms with van der Waals surface area (Å²) < 4.78 is 34.4. The summed E-state index contributed by atoms with van der Waals surface area (Å²) in [7, 11) is 0. The Labute approximate surface area is 568 Å². The van der Waals surface area contributed by atoms with Crippen molar-refractivity contribution in [3.8, 4) is 0 Å². The molecule has 552 valence electrons. The lowest BCUT2D eigenvalue weighted by Gasteiger charge is -2.48. The van der Waals surface area contributed by atoms with Gasteiger partial charge in [0.2, 0.25) is 5.91 Å². The number of aliphatic hydroxyl groups is 11. The van der Waals surface area contributed by atoms with Gasteiger partial charge in [-0.2, -0.15) is 0 Å². The molecule has 3 fully saturated rings. The zero-order chi connectivity index (χ0) is 68.2. The number of carbonyl (C=O) groups is 1. The van der Waals surface area contributed by atoms with E-state index >= 15 is 0 Å². The van der Waals surface area contributed by atoms with Crippen LogP contribution in [0.25, 0.3) is 0 Å². The fourth-order valence-corrected chi connectivity index (χ4v) is 13.0. The van der Waals surface area contributed by atoms with E-state index in [1.807, 2.05) is 0 Å². The van der Waals surface area contributed by atoms with E-state index in [0.29, 0.717) is 12.8 Å². The van der Waals surface area contributed by atoms with Gasteiger partial charge in [0.1, 0.15) is 73.2 Å². The van der Waals surface area contributed by atoms with E-state index < -0.39 is 124 Å². The van der Waals surface area contributed by atoms with E-state index in [1.165, 1.54) is 212 Å². The Balaban J connectivity index is 1.32. The number of unbranched alkanes of at least 4 members (excludes halogenated alkanes) is 38. The van der Waals surface area contributed by atoms with Gasteiger partial charge in [-0.05, 0) is 51.4 Å². The van der Waals surface area contributed by atoms with Crippen molar-refractivity contribution in [1.82, 2.24) is 5.32 Å². The molecule has 0 saturated carbocycles. The Morgan fingerprint density at radius 2 is 0.702 bits per heavy atom. The fraction of sp³-hybridized carbons (Fsp3) is 0.907. The van der Waals surface area contributed by atoms with E-state index in [4.69, 9.17) is 28.4 Å². The molecule has 94 heavy (non-hydrogen) atoms. The molecular weight excluding hydrogens is 1200 g/mol. The van der Waals surface area contributed by atoms with Gasteiger partial charge in [0.15, 0.2) is 18.9 Å². The van der Waals surface area contributed by atoms with Gasteiger partial charge in [0.25, 0.3) is 0 Å². The summed E-state index contributed by atoms with van der Waals surface area (Å²) in [6.07, 6.45) is 41.0. The summed E-state index contributed by atoms with van der Waals surface area (Å²) in [6, 6.07) is -0.885. The second-order valence-electron chi connectivity index (χ2n) is 27.5.